The molecule has 1 saturated carbocycles. The summed E-state index contributed by atoms with van der Waals surface area (Å²) < 4.78 is 23.8. The summed E-state index contributed by atoms with van der Waals surface area (Å²) in [6, 6.07) is 14.8. The van der Waals surface area contributed by atoms with Crippen LogP contribution in [0.3, 0.4) is 0 Å². The van der Waals surface area contributed by atoms with Gasteiger partial charge in [0, 0.05) is 23.6 Å². The summed E-state index contributed by atoms with van der Waals surface area (Å²) in [6.07, 6.45) is -9.44. The third kappa shape index (κ3) is 8.05. The second-order valence-corrected chi connectivity index (χ2v) is 18.7. The zero-order valence-electron chi connectivity index (χ0n) is 33.3. The van der Waals surface area contributed by atoms with E-state index in [-0.39, 0.29) is 34.8 Å². The van der Waals surface area contributed by atoms with E-state index >= 15 is 0 Å². The van der Waals surface area contributed by atoms with Crippen molar-refractivity contribution in [3.63, 3.8) is 0 Å². The van der Waals surface area contributed by atoms with Crippen molar-refractivity contribution in [2.24, 2.45) is 16.7 Å². The number of Topliss-reactive ketones (excluding diaryl/α,β-unsaturated/α-hetero) is 1. The van der Waals surface area contributed by atoms with Gasteiger partial charge in [0.25, 0.3) is 0 Å². The Hall–Kier alpha value is -3.51. The van der Waals surface area contributed by atoms with Crippen LogP contribution in [0.4, 0.5) is 0 Å². The van der Waals surface area contributed by atoms with Gasteiger partial charge in [-0.3, -0.25) is 14.4 Å². The maximum absolute atomic E-state index is 14.9. The number of carbonyl (C=O) groups is 5. The molecule has 3 aliphatic rings. The molecule has 11 atom stereocenters. The fourth-order valence-electron chi connectivity index (χ4n) is 8.81. The summed E-state index contributed by atoms with van der Waals surface area (Å²) in [5, 5.41) is 51.5. The molecule has 1 amide bonds. The molecule has 5 N–H and O–H groups in total. The monoisotopic (exact) mass is 935 g/mol. The number of ether oxygens (including phenoxy) is 4. The van der Waals surface area contributed by atoms with Gasteiger partial charge in [0.05, 0.1) is 42.3 Å². The molecule has 2 fully saturated rings. The van der Waals surface area contributed by atoms with Gasteiger partial charge in [0.1, 0.15) is 28.7 Å². The number of aliphatic hydroxyl groups excluding tert-OH is 3. The van der Waals surface area contributed by atoms with Gasteiger partial charge in [-0.05, 0) is 49.6 Å². The molecule has 0 spiro atoms. The first-order valence-corrected chi connectivity index (χ1v) is 20.8. The molecule has 2 aliphatic carbocycles. The Bertz CT molecular complexity index is 1920. The average molecular weight is 938 g/mol. The highest BCUT2D eigenvalue weighted by atomic mass is 79.9. The Morgan fingerprint density at radius 3 is 2.00 bits per heavy atom. The van der Waals surface area contributed by atoms with Crippen LogP contribution in [0.25, 0.3) is 0 Å². The quantitative estimate of drug-likeness (QED) is 0.0891. The van der Waals surface area contributed by atoms with Gasteiger partial charge in [-0.1, -0.05) is 101 Å². The molecule has 1 aliphatic heterocycles. The number of hydrogen-bond donors (Lipinski definition) is 5. The van der Waals surface area contributed by atoms with Gasteiger partial charge in [-0.2, -0.15) is 0 Å². The molecule has 16 heteroatoms. The zero-order valence-corrected chi connectivity index (χ0v) is 36.5. The number of aliphatic hydroxyl groups is 4. The zero-order chi connectivity index (χ0) is 43.1. The molecule has 0 radical (unpaired) electrons. The normalized spacial score (nSPS) is 30.2. The van der Waals surface area contributed by atoms with E-state index in [0.717, 1.165) is 6.92 Å². The number of esters is 3. The number of nitrogens with one attached hydrogen (secondary N) is 1. The molecule has 58 heavy (non-hydrogen) atoms. The minimum Gasteiger partial charge on any atom is -0.456 e. The number of benzene rings is 2. The molecule has 5 rings (SSSR count). The Labute approximate surface area is 353 Å². The third-order valence-electron chi connectivity index (χ3n) is 12.3. The van der Waals surface area contributed by atoms with Gasteiger partial charge in [0.15, 0.2) is 17.5 Å². The van der Waals surface area contributed by atoms with Crippen molar-refractivity contribution >= 4 is 61.5 Å². The van der Waals surface area contributed by atoms with Gasteiger partial charge < -0.3 is 44.7 Å². The first-order valence-electron chi connectivity index (χ1n) is 18.9. The van der Waals surface area contributed by atoms with Crippen LogP contribution in [0, 0.1) is 16.7 Å². The fraction of sp³-hybridized carbons (Fsp3) is 0.548. The van der Waals surface area contributed by atoms with Crippen molar-refractivity contribution in [3.05, 3.63) is 82.9 Å². The molecule has 316 valence electrons. The minimum atomic E-state index is -2.37. The topological polar surface area (TPSA) is 215 Å². The predicted octanol–water partition coefficient (Wildman–Crippen LogP) is 3.65. The van der Waals surface area contributed by atoms with Crippen LogP contribution in [0.1, 0.15) is 76.9 Å². The van der Waals surface area contributed by atoms with E-state index in [1.165, 1.54) is 32.9 Å². The van der Waals surface area contributed by atoms with Crippen molar-refractivity contribution in [1.82, 2.24) is 5.32 Å². The second-order valence-electron chi connectivity index (χ2n) is 16.2. The Balaban J connectivity index is 1.68. The van der Waals surface area contributed by atoms with Gasteiger partial charge in [0.2, 0.25) is 5.91 Å². The largest absolute Gasteiger partial charge is 0.456 e. The van der Waals surface area contributed by atoms with Gasteiger partial charge >= 0.3 is 17.9 Å². The molecule has 2 bridgehead atoms. The molecule has 2 aromatic carbocycles. The second kappa shape index (κ2) is 17.2. The van der Waals surface area contributed by atoms with Crippen LogP contribution < -0.4 is 5.32 Å². The van der Waals surface area contributed by atoms with E-state index < -0.39 is 105 Å². The van der Waals surface area contributed by atoms with Crippen LogP contribution in [-0.4, -0.2) is 115 Å². The molecular formula is C42H51Br2NO13. The van der Waals surface area contributed by atoms with Crippen molar-refractivity contribution < 1.29 is 63.3 Å². The Morgan fingerprint density at radius 2 is 1.50 bits per heavy atom. The van der Waals surface area contributed by atoms with E-state index in [1.54, 1.807) is 69.3 Å². The standard InChI is InChI=1S/C42H51Br2NO13/c1-21-27(56-38(53)32(49)30(25-14-10-8-11-15-25)45-36(51)29(44)22(2)43)18-42(54)35(57-37(52)26-16-12-9-13-17-26)33(41(19-55-20-41)58-24(4)47)40(7,23(3)46)34(50)31(48)28(21)39(42,5)6/h8-17,22-23,27,29-33,35,46,48-49,54H,18-20H2,1-7H3,(H,45,51)/t22-,23+,27-,29-,30-,31+,32+,33?,35-,40+,42+/m0/s1. The SMILES string of the molecule is CC(=O)OC1(C2[C@H](OC(=O)c3ccccc3)[C@]3(O)C[C@H](OC(=O)[C@H](O)[C@@H](NC(=O)[C@@H](Br)[C@H](C)Br)c4ccccc4)C(C)=C([C@@H](O)C(=O)[C@]2(C)[C@@H](C)O)C3(C)C)COC1. The van der Waals surface area contributed by atoms with Crippen LogP contribution in [0.2, 0.25) is 0 Å². The molecular weight excluding hydrogens is 886 g/mol. The lowest BCUT2D eigenvalue weighted by molar-refractivity contribution is -0.293. The maximum Gasteiger partial charge on any atom is 0.338 e. The molecule has 1 heterocycles. The van der Waals surface area contributed by atoms with Crippen molar-refractivity contribution in [1.29, 1.82) is 0 Å². The van der Waals surface area contributed by atoms with Crippen molar-refractivity contribution in [2.45, 2.75) is 112 Å². The molecule has 1 unspecified atom stereocenters. The highest BCUT2D eigenvalue weighted by Crippen LogP contribution is 2.60. The number of hydrogen-bond acceptors (Lipinski definition) is 13. The van der Waals surface area contributed by atoms with Crippen molar-refractivity contribution in [2.75, 3.05) is 13.2 Å². The lowest BCUT2D eigenvalue weighted by Crippen LogP contribution is -2.76. The fourth-order valence-corrected chi connectivity index (χ4v) is 9.19. The predicted molar refractivity (Wildman–Crippen MR) is 216 cm³/mol. The number of rotatable bonds is 12. The Morgan fingerprint density at radius 1 is 0.931 bits per heavy atom. The third-order valence-corrected chi connectivity index (χ3v) is 14.7. The van der Waals surface area contributed by atoms with Crippen LogP contribution in [0.5, 0.6) is 0 Å². The number of carbonyl (C=O) groups excluding carboxylic acids is 5. The van der Waals surface area contributed by atoms with Crippen LogP contribution in [-0.2, 0) is 38.1 Å². The average Bonchev–Trinajstić information content (AvgIpc) is 3.16. The number of fused-ring (bicyclic) bond motifs is 2. The molecule has 14 nitrogen and oxygen atoms in total. The summed E-state index contributed by atoms with van der Waals surface area (Å²) in [6.45, 7) is 9.49. The number of halogens is 2. The van der Waals surface area contributed by atoms with Crippen molar-refractivity contribution in [3.8, 4) is 0 Å². The lowest BCUT2D eigenvalue weighted by atomic mass is 9.47. The van der Waals surface area contributed by atoms with E-state index in [4.69, 9.17) is 18.9 Å². The van der Waals surface area contributed by atoms with E-state index in [0.29, 0.717) is 5.56 Å². The highest BCUT2D eigenvalue weighted by Gasteiger charge is 2.73. The molecule has 0 aromatic heterocycles. The smallest absolute Gasteiger partial charge is 0.338 e. The highest BCUT2D eigenvalue weighted by molar-refractivity contribution is 9.12. The summed E-state index contributed by atoms with van der Waals surface area (Å²) >= 11 is 6.67. The van der Waals surface area contributed by atoms with Gasteiger partial charge in [-0.15, -0.1) is 0 Å². The number of amides is 1. The van der Waals surface area contributed by atoms with Gasteiger partial charge in [-0.25, -0.2) is 9.59 Å². The number of ketones is 1. The van der Waals surface area contributed by atoms with E-state index in [9.17, 15) is 44.4 Å². The minimum absolute atomic E-state index is 0.0719. The summed E-state index contributed by atoms with van der Waals surface area (Å²) in [5.41, 5.74) is -7.32. The number of alkyl halides is 2. The molecule has 2 aromatic rings. The van der Waals surface area contributed by atoms with E-state index in [1.807, 2.05) is 0 Å². The first-order chi connectivity index (χ1) is 27.0. The summed E-state index contributed by atoms with van der Waals surface area (Å²) in [4.78, 5) is 68.0. The van der Waals surface area contributed by atoms with Crippen LogP contribution >= 0.6 is 31.9 Å². The Kier molecular flexibility index (Phi) is 13.5. The van der Waals surface area contributed by atoms with Crippen LogP contribution in [0.15, 0.2) is 71.8 Å². The maximum atomic E-state index is 14.9. The molecule has 1 saturated heterocycles. The lowest BCUT2D eigenvalue weighted by Gasteiger charge is -2.63. The summed E-state index contributed by atoms with van der Waals surface area (Å²) in [5.74, 6) is -5.99. The first kappa shape index (κ1) is 45.6. The van der Waals surface area contributed by atoms with E-state index in [2.05, 4.69) is 37.2 Å². The summed E-state index contributed by atoms with van der Waals surface area (Å²) in [7, 11) is 0.